The van der Waals surface area contributed by atoms with Gasteiger partial charge in [0.05, 0.1) is 0 Å². The van der Waals surface area contributed by atoms with E-state index in [1.54, 1.807) is 12.2 Å². The van der Waals surface area contributed by atoms with Crippen molar-refractivity contribution in [2.24, 2.45) is 5.92 Å². The second kappa shape index (κ2) is 2.55. The number of carbonyl (C=O) groups excluding carboxylic acids is 2. The molecule has 2 nitrogen and oxygen atoms in total. The van der Waals surface area contributed by atoms with Gasteiger partial charge in [-0.15, -0.1) is 0 Å². The van der Waals surface area contributed by atoms with Crippen LogP contribution in [0.4, 0.5) is 0 Å². The number of fused-ring (bicyclic) bond motifs is 1. The van der Waals surface area contributed by atoms with Crippen molar-refractivity contribution in [3.8, 4) is 0 Å². The fraction of sp³-hybridized carbons (Fsp3) is 0.200. The molecule has 0 saturated heterocycles. The molecule has 0 amide bonds. The van der Waals surface area contributed by atoms with Crippen LogP contribution in [0.5, 0.6) is 0 Å². The Morgan fingerprint density at radius 3 is 2.83 bits per heavy atom. The van der Waals surface area contributed by atoms with Crippen molar-refractivity contribution in [3.63, 3.8) is 0 Å². The summed E-state index contributed by atoms with van der Waals surface area (Å²) in [6.45, 7) is 0. The smallest absolute Gasteiger partial charge is 0.170 e. The van der Waals surface area contributed by atoms with Crippen molar-refractivity contribution in [1.29, 1.82) is 0 Å². The molecule has 0 radical (unpaired) electrons. The first-order chi connectivity index (χ1) is 5.79. The van der Waals surface area contributed by atoms with Gasteiger partial charge < -0.3 is 0 Å². The van der Waals surface area contributed by atoms with Crippen molar-refractivity contribution in [3.05, 3.63) is 36.0 Å². The molecule has 0 heterocycles. The first kappa shape index (κ1) is 7.22. The summed E-state index contributed by atoms with van der Waals surface area (Å²) >= 11 is 0. The van der Waals surface area contributed by atoms with E-state index in [9.17, 15) is 9.59 Å². The van der Waals surface area contributed by atoms with Crippen LogP contribution in [0.2, 0.25) is 0 Å². The van der Waals surface area contributed by atoms with E-state index in [2.05, 4.69) is 0 Å². The third-order valence-electron chi connectivity index (χ3n) is 2.12. The van der Waals surface area contributed by atoms with Gasteiger partial charge in [-0.2, -0.15) is 0 Å². The first-order valence-corrected chi connectivity index (χ1v) is 3.90. The Bertz CT molecular complexity index is 332. The summed E-state index contributed by atoms with van der Waals surface area (Å²) in [4.78, 5) is 22.5. The summed E-state index contributed by atoms with van der Waals surface area (Å²) in [6.07, 6.45) is 9.02. The monoisotopic (exact) mass is 160 g/mol. The topological polar surface area (TPSA) is 34.1 Å². The first-order valence-electron chi connectivity index (χ1n) is 3.90. The highest BCUT2D eigenvalue weighted by Gasteiger charge is 2.29. The van der Waals surface area contributed by atoms with E-state index in [0.717, 1.165) is 5.57 Å². The molecule has 0 N–H and O–H groups in total. The summed E-state index contributed by atoms with van der Waals surface area (Å²) in [7, 11) is 0. The largest absolute Gasteiger partial charge is 0.298 e. The zero-order chi connectivity index (χ0) is 8.55. The molecule has 60 valence electrons. The second-order valence-corrected chi connectivity index (χ2v) is 2.93. The highest BCUT2D eigenvalue weighted by atomic mass is 16.1. The minimum Gasteiger partial charge on any atom is -0.298 e. The van der Waals surface area contributed by atoms with Crippen molar-refractivity contribution in [2.75, 3.05) is 0 Å². The molecule has 0 spiro atoms. The zero-order valence-electron chi connectivity index (χ0n) is 6.49. The quantitative estimate of drug-likeness (QED) is 0.499. The van der Waals surface area contributed by atoms with Gasteiger partial charge in [0.25, 0.3) is 0 Å². The van der Waals surface area contributed by atoms with Crippen LogP contribution >= 0.6 is 0 Å². The number of rotatable bonds is 0. The fourth-order valence-electron chi connectivity index (χ4n) is 1.54. The van der Waals surface area contributed by atoms with E-state index < -0.39 is 5.92 Å². The maximum Gasteiger partial charge on any atom is 0.170 e. The van der Waals surface area contributed by atoms with Gasteiger partial charge in [0.15, 0.2) is 11.6 Å². The summed E-state index contributed by atoms with van der Waals surface area (Å²) in [5, 5.41) is 0. The van der Waals surface area contributed by atoms with E-state index >= 15 is 0 Å². The zero-order valence-corrected chi connectivity index (χ0v) is 6.49. The van der Waals surface area contributed by atoms with Crippen LogP contribution in [0.25, 0.3) is 0 Å². The van der Waals surface area contributed by atoms with Crippen LogP contribution in [0.15, 0.2) is 36.0 Å². The molecule has 0 bridgehead atoms. The second-order valence-electron chi connectivity index (χ2n) is 2.93. The van der Waals surface area contributed by atoms with Gasteiger partial charge in [-0.05, 0) is 11.6 Å². The Labute approximate surface area is 70.3 Å². The molecule has 12 heavy (non-hydrogen) atoms. The Balaban J connectivity index is 2.46. The lowest BCUT2D eigenvalue weighted by atomic mass is 9.82. The Hall–Kier alpha value is -1.44. The third kappa shape index (κ3) is 0.961. The molecule has 2 aliphatic carbocycles. The summed E-state index contributed by atoms with van der Waals surface area (Å²) in [6, 6.07) is 0. The van der Waals surface area contributed by atoms with E-state index in [-0.39, 0.29) is 11.6 Å². The number of hydrogen-bond acceptors (Lipinski definition) is 2. The molecule has 2 heteroatoms. The van der Waals surface area contributed by atoms with Crippen molar-refractivity contribution >= 4 is 11.6 Å². The third-order valence-corrected chi connectivity index (χ3v) is 2.12. The fourth-order valence-corrected chi connectivity index (χ4v) is 1.54. The van der Waals surface area contributed by atoms with Gasteiger partial charge in [-0.25, -0.2) is 0 Å². The van der Waals surface area contributed by atoms with Gasteiger partial charge in [-0.1, -0.05) is 24.3 Å². The summed E-state index contributed by atoms with van der Waals surface area (Å²) in [5.41, 5.74) is 0.832. The molecule has 0 aromatic rings. The van der Waals surface area contributed by atoms with Gasteiger partial charge in [0, 0.05) is 6.42 Å². The maximum atomic E-state index is 11.3. The maximum absolute atomic E-state index is 11.3. The average molecular weight is 160 g/mol. The van der Waals surface area contributed by atoms with Crippen LogP contribution in [-0.2, 0) is 9.59 Å². The molecule has 0 aromatic carbocycles. The Morgan fingerprint density at radius 1 is 1.25 bits per heavy atom. The minimum atomic E-state index is -0.500. The van der Waals surface area contributed by atoms with E-state index in [1.165, 1.54) is 6.08 Å². The average Bonchev–Trinajstić information content (AvgIpc) is 2.04. The van der Waals surface area contributed by atoms with E-state index in [4.69, 9.17) is 0 Å². The Kier molecular flexibility index (Phi) is 1.54. The Morgan fingerprint density at radius 2 is 2.08 bits per heavy atom. The lowest BCUT2D eigenvalue weighted by Gasteiger charge is -2.19. The molecule has 0 aromatic heterocycles. The van der Waals surface area contributed by atoms with Crippen LogP contribution in [0, 0.1) is 5.92 Å². The minimum absolute atomic E-state index is 0.0121. The van der Waals surface area contributed by atoms with Gasteiger partial charge in [0.1, 0.15) is 5.92 Å². The molecule has 0 aliphatic heterocycles. The summed E-state index contributed by atoms with van der Waals surface area (Å²) in [5.74, 6) is -0.569. The number of Topliss-reactive ketones (excluding diaryl/α,β-unsaturated/α-hetero) is 1. The number of allylic oxidation sites excluding steroid dienone is 6. The highest BCUT2D eigenvalue weighted by Crippen LogP contribution is 2.24. The molecule has 2 aliphatic rings. The van der Waals surface area contributed by atoms with Crippen LogP contribution < -0.4 is 0 Å². The normalized spacial score (nSPS) is 27.0. The van der Waals surface area contributed by atoms with Gasteiger partial charge >= 0.3 is 0 Å². The predicted molar refractivity (Wildman–Crippen MR) is 44.5 cm³/mol. The molecular weight excluding hydrogens is 152 g/mol. The standard InChI is InChI=1S/C10H8O2/c11-8-5-1-3-7-4-2-6-9(12)10(7)8/h1-5,10H,6H2. The molecule has 0 fully saturated rings. The van der Waals surface area contributed by atoms with E-state index in [0.29, 0.717) is 6.42 Å². The molecular formula is C10H8O2. The number of hydrogen-bond donors (Lipinski definition) is 0. The van der Waals surface area contributed by atoms with Crippen molar-refractivity contribution in [2.45, 2.75) is 6.42 Å². The van der Waals surface area contributed by atoms with Crippen LogP contribution in [0.1, 0.15) is 6.42 Å². The van der Waals surface area contributed by atoms with Gasteiger partial charge in [-0.3, -0.25) is 9.59 Å². The molecule has 1 unspecified atom stereocenters. The van der Waals surface area contributed by atoms with Crippen LogP contribution in [-0.4, -0.2) is 11.6 Å². The van der Waals surface area contributed by atoms with Gasteiger partial charge in [0.2, 0.25) is 0 Å². The molecule has 0 saturated carbocycles. The number of ketones is 2. The lowest BCUT2D eigenvalue weighted by Crippen LogP contribution is -2.27. The van der Waals surface area contributed by atoms with Crippen LogP contribution in [0.3, 0.4) is 0 Å². The van der Waals surface area contributed by atoms with Crippen molar-refractivity contribution < 1.29 is 9.59 Å². The summed E-state index contributed by atoms with van der Waals surface area (Å²) < 4.78 is 0. The predicted octanol–water partition coefficient (Wildman–Crippen LogP) is 1.20. The SMILES string of the molecule is O=C1C=CC=C2C=CCC(=O)C12. The number of carbonyl (C=O) groups is 2. The van der Waals surface area contributed by atoms with E-state index in [1.807, 2.05) is 12.2 Å². The highest BCUT2D eigenvalue weighted by molar-refractivity contribution is 6.12. The molecule has 2 rings (SSSR count). The lowest BCUT2D eigenvalue weighted by molar-refractivity contribution is -0.128. The molecule has 1 atom stereocenters. The van der Waals surface area contributed by atoms with Crippen molar-refractivity contribution in [1.82, 2.24) is 0 Å².